The minimum absolute atomic E-state index is 0.0198. The molecule has 30 heavy (non-hydrogen) atoms. The van der Waals surface area contributed by atoms with Crippen LogP contribution in [0.4, 0.5) is 27.0 Å². The average Bonchev–Trinajstić information content (AvgIpc) is 3.10. The topological polar surface area (TPSA) is 46.2 Å². The molecule has 3 nitrogen and oxygen atoms in total. The Morgan fingerprint density at radius 2 is 1.63 bits per heavy atom. The number of anilines is 1. The van der Waals surface area contributed by atoms with Gasteiger partial charge in [0.25, 0.3) is 5.91 Å². The summed E-state index contributed by atoms with van der Waals surface area (Å²) >= 11 is 0.750. The number of Topliss-reactive ketones (excluding diaryl/α,β-unsaturated/α-hetero) is 1. The fourth-order valence-corrected chi connectivity index (χ4v) is 3.69. The number of carbonyl (C=O) groups excluding carboxylic acids is 2. The summed E-state index contributed by atoms with van der Waals surface area (Å²) in [6.07, 6.45) is 0.522. The molecule has 9 heteroatoms. The predicted octanol–water partition coefficient (Wildman–Crippen LogP) is 5.78. The Labute approximate surface area is 171 Å². The highest BCUT2D eigenvalue weighted by Gasteiger charge is 2.31. The van der Waals surface area contributed by atoms with E-state index < -0.39 is 40.6 Å². The van der Waals surface area contributed by atoms with Gasteiger partial charge in [0.05, 0.1) is 16.1 Å². The summed E-state index contributed by atoms with van der Waals surface area (Å²) in [7, 11) is 0. The highest BCUT2D eigenvalue weighted by molar-refractivity contribution is 7.20. The molecule has 0 radical (unpaired) electrons. The maximum atomic E-state index is 13.8. The number of alkyl halides is 3. The second-order valence-corrected chi connectivity index (χ2v) is 7.01. The summed E-state index contributed by atoms with van der Waals surface area (Å²) in [6.45, 7) is 0. The molecule has 0 atom stereocenters. The van der Waals surface area contributed by atoms with Crippen LogP contribution >= 0.6 is 11.3 Å². The van der Waals surface area contributed by atoms with Crippen LogP contribution in [0.1, 0.15) is 26.3 Å². The number of benzene rings is 2. The number of terminal acetylenes is 1. The molecule has 0 unspecified atom stereocenters. The molecule has 2 aromatic carbocycles. The van der Waals surface area contributed by atoms with Gasteiger partial charge in [0.1, 0.15) is 17.2 Å². The van der Waals surface area contributed by atoms with Gasteiger partial charge in [-0.2, -0.15) is 13.2 Å². The maximum Gasteiger partial charge on any atom is 0.416 e. The van der Waals surface area contributed by atoms with E-state index in [9.17, 15) is 31.5 Å². The van der Waals surface area contributed by atoms with Gasteiger partial charge in [-0.25, -0.2) is 8.78 Å². The van der Waals surface area contributed by atoms with Gasteiger partial charge < -0.3 is 5.32 Å². The average molecular weight is 435 g/mol. The molecule has 3 aromatic rings. The van der Waals surface area contributed by atoms with E-state index in [1.807, 2.05) is 5.92 Å². The van der Waals surface area contributed by atoms with Crippen LogP contribution < -0.4 is 5.32 Å². The van der Waals surface area contributed by atoms with Crippen LogP contribution in [0.5, 0.6) is 0 Å². The minimum atomic E-state index is -4.61. The quantitative estimate of drug-likeness (QED) is 0.244. The first-order valence-corrected chi connectivity index (χ1v) is 9.01. The van der Waals surface area contributed by atoms with Gasteiger partial charge >= 0.3 is 6.18 Å². The zero-order valence-corrected chi connectivity index (χ0v) is 15.6. The van der Waals surface area contributed by atoms with Crippen molar-refractivity contribution in [3.05, 3.63) is 76.9 Å². The van der Waals surface area contributed by atoms with Gasteiger partial charge in [-0.15, -0.1) is 17.8 Å². The molecule has 1 heterocycles. The Hall–Kier alpha value is -3.51. The molecule has 1 amide bonds. The summed E-state index contributed by atoms with van der Waals surface area (Å²) in [5.74, 6) is -2.27. The highest BCUT2D eigenvalue weighted by atomic mass is 32.1. The molecule has 0 spiro atoms. The van der Waals surface area contributed by atoms with Crippen molar-refractivity contribution in [2.24, 2.45) is 0 Å². The van der Waals surface area contributed by atoms with E-state index in [0.29, 0.717) is 0 Å². The van der Waals surface area contributed by atoms with Crippen molar-refractivity contribution < 1.29 is 31.5 Å². The van der Waals surface area contributed by atoms with Crippen molar-refractivity contribution in [1.82, 2.24) is 0 Å². The number of nitrogens with one attached hydrogen (secondary N) is 1. The molecule has 0 fully saturated rings. The summed E-state index contributed by atoms with van der Waals surface area (Å²) in [5, 5.41) is 2.23. The summed E-state index contributed by atoms with van der Waals surface area (Å²) in [5.41, 5.74) is -1.85. The largest absolute Gasteiger partial charge is 0.416 e. The zero-order chi connectivity index (χ0) is 22.1. The van der Waals surface area contributed by atoms with Gasteiger partial charge in [-0.3, -0.25) is 9.59 Å². The van der Waals surface area contributed by atoms with Crippen molar-refractivity contribution in [3.8, 4) is 22.8 Å². The van der Waals surface area contributed by atoms with Gasteiger partial charge in [-0.05, 0) is 41.8 Å². The third-order valence-corrected chi connectivity index (χ3v) is 5.09. The van der Waals surface area contributed by atoms with Gasteiger partial charge in [0.2, 0.25) is 5.78 Å². The molecular formula is C21H10F5NO2S. The third-order valence-electron chi connectivity index (χ3n) is 3.99. The van der Waals surface area contributed by atoms with Crippen molar-refractivity contribution in [3.63, 3.8) is 0 Å². The van der Waals surface area contributed by atoms with E-state index in [-0.39, 0.29) is 21.0 Å². The monoisotopic (exact) mass is 435 g/mol. The molecule has 3 rings (SSSR count). The van der Waals surface area contributed by atoms with Crippen LogP contribution in [-0.4, -0.2) is 11.7 Å². The van der Waals surface area contributed by atoms with Crippen molar-refractivity contribution >= 4 is 28.0 Å². The second-order valence-electron chi connectivity index (χ2n) is 5.96. The first kappa shape index (κ1) is 21.2. The lowest BCUT2D eigenvalue weighted by molar-refractivity contribution is -0.137. The van der Waals surface area contributed by atoms with Crippen molar-refractivity contribution in [1.29, 1.82) is 0 Å². The van der Waals surface area contributed by atoms with Crippen molar-refractivity contribution in [2.45, 2.75) is 6.18 Å². The fraction of sp³-hybridized carbons (Fsp3) is 0.0476. The van der Waals surface area contributed by atoms with E-state index in [1.165, 1.54) is 6.07 Å². The molecule has 0 aliphatic rings. The zero-order valence-electron chi connectivity index (χ0n) is 14.8. The molecule has 1 aromatic heterocycles. The molecule has 0 saturated carbocycles. The molecular weight excluding hydrogens is 425 g/mol. The lowest BCUT2D eigenvalue weighted by atomic mass is 10.0. The summed E-state index contributed by atoms with van der Waals surface area (Å²) < 4.78 is 66.7. The first-order valence-electron chi connectivity index (χ1n) is 8.19. The van der Waals surface area contributed by atoms with E-state index in [4.69, 9.17) is 6.42 Å². The number of rotatable bonds is 4. The molecule has 1 N–H and O–H groups in total. The van der Waals surface area contributed by atoms with Crippen LogP contribution in [0.2, 0.25) is 0 Å². The lowest BCUT2D eigenvalue weighted by Crippen LogP contribution is -2.15. The SMILES string of the molecule is C#CC(=O)c1cc(NC(=O)c2c(F)cccc2F)sc1-c1cccc(C(F)(F)F)c1. The Morgan fingerprint density at radius 3 is 2.23 bits per heavy atom. The number of ketones is 1. The van der Waals surface area contributed by atoms with E-state index in [0.717, 1.165) is 53.8 Å². The van der Waals surface area contributed by atoms with Crippen LogP contribution in [0, 0.1) is 24.0 Å². The number of amides is 1. The summed E-state index contributed by atoms with van der Waals surface area (Å²) in [6, 6.07) is 8.23. The molecule has 0 aliphatic carbocycles. The number of hydrogen-bond acceptors (Lipinski definition) is 3. The maximum absolute atomic E-state index is 13.8. The third kappa shape index (κ3) is 4.23. The van der Waals surface area contributed by atoms with Crippen LogP contribution in [0.3, 0.4) is 0 Å². The molecule has 152 valence electrons. The first-order chi connectivity index (χ1) is 14.1. The number of carbonyl (C=O) groups is 2. The van der Waals surface area contributed by atoms with E-state index in [1.54, 1.807) is 0 Å². The lowest BCUT2D eigenvalue weighted by Gasteiger charge is -2.08. The Morgan fingerprint density at radius 1 is 1.00 bits per heavy atom. The van der Waals surface area contributed by atoms with E-state index >= 15 is 0 Å². The van der Waals surface area contributed by atoms with Crippen LogP contribution in [0.15, 0.2) is 48.5 Å². The van der Waals surface area contributed by atoms with E-state index in [2.05, 4.69) is 5.32 Å². The Kier molecular flexibility index (Phi) is 5.71. The van der Waals surface area contributed by atoms with Gasteiger partial charge in [0.15, 0.2) is 0 Å². The Balaban J connectivity index is 2.04. The minimum Gasteiger partial charge on any atom is -0.313 e. The fourth-order valence-electron chi connectivity index (χ4n) is 2.64. The van der Waals surface area contributed by atoms with Crippen LogP contribution in [0.25, 0.3) is 10.4 Å². The van der Waals surface area contributed by atoms with Gasteiger partial charge in [-0.1, -0.05) is 18.2 Å². The van der Waals surface area contributed by atoms with Gasteiger partial charge in [0, 0.05) is 4.88 Å². The summed E-state index contributed by atoms with van der Waals surface area (Å²) in [4.78, 5) is 24.4. The molecule has 0 saturated heterocycles. The predicted molar refractivity (Wildman–Crippen MR) is 102 cm³/mol. The Bertz CT molecular complexity index is 1170. The van der Waals surface area contributed by atoms with Crippen LogP contribution in [-0.2, 0) is 6.18 Å². The normalized spacial score (nSPS) is 11.1. The number of hydrogen-bond donors (Lipinski definition) is 1. The van der Waals surface area contributed by atoms with Crippen molar-refractivity contribution in [2.75, 3.05) is 5.32 Å². The molecule has 0 aliphatic heterocycles. The number of thiophene rings is 1. The standard InChI is InChI=1S/C21H10F5NO2S/c1-2-16(28)13-10-17(27-20(29)18-14(22)7-4-8-15(18)23)30-19(13)11-5-3-6-12(9-11)21(24,25)26/h1,3-10H,(H,27,29). The number of halogens is 5. The molecule has 0 bridgehead atoms. The smallest absolute Gasteiger partial charge is 0.313 e. The second kappa shape index (κ2) is 8.08. The highest BCUT2D eigenvalue weighted by Crippen LogP contribution is 2.39.